The molecule has 1 unspecified atom stereocenters. The van der Waals surface area contributed by atoms with Crippen LogP contribution in [0.3, 0.4) is 0 Å². The number of hydrogen-bond donors (Lipinski definition) is 3. The van der Waals surface area contributed by atoms with Gasteiger partial charge in [-0.15, -0.1) is 0 Å². The molecule has 49 heavy (non-hydrogen) atoms. The number of halogens is 2. The van der Waals surface area contributed by atoms with E-state index in [1.165, 1.54) is 13.0 Å². The number of anilines is 1. The Hall–Kier alpha value is -4.30. The summed E-state index contributed by atoms with van der Waals surface area (Å²) in [4.78, 5) is 39.4. The lowest BCUT2D eigenvalue weighted by atomic mass is 9.77. The van der Waals surface area contributed by atoms with E-state index in [4.69, 9.17) is 28.2 Å². The van der Waals surface area contributed by atoms with E-state index >= 15 is 8.78 Å². The number of aliphatic carboxylic acids is 1. The molecule has 2 aliphatic rings. The van der Waals surface area contributed by atoms with E-state index in [2.05, 4.69) is 10.3 Å². The van der Waals surface area contributed by atoms with Crippen LogP contribution in [0.5, 0.6) is 5.75 Å². The molecule has 2 fully saturated rings. The number of carboxylic acid groups (broad SMARTS) is 1. The minimum Gasteiger partial charge on any atom is -0.497 e. The fourth-order valence-corrected chi connectivity index (χ4v) is 7.33. The molecule has 259 valence electrons. The van der Waals surface area contributed by atoms with E-state index in [0.717, 1.165) is 22.9 Å². The summed E-state index contributed by atoms with van der Waals surface area (Å²) in [6.45, 7) is 0.633. The molecule has 12 nitrogen and oxygen atoms in total. The number of ether oxygens (including phenoxy) is 2. The largest absolute Gasteiger partial charge is 0.497 e. The van der Waals surface area contributed by atoms with Gasteiger partial charge in [-0.2, -0.15) is 13.8 Å². The van der Waals surface area contributed by atoms with Crippen LogP contribution in [0.2, 0.25) is 0 Å². The van der Waals surface area contributed by atoms with E-state index in [9.17, 15) is 14.5 Å². The molecule has 1 radical (unpaired) electrons. The topological polar surface area (TPSA) is 151 Å². The number of rotatable bonds is 12. The lowest BCUT2D eigenvalue weighted by molar-refractivity contribution is -0.143. The zero-order chi connectivity index (χ0) is 34.8. The number of methoxy groups -OCH3 is 1. The van der Waals surface area contributed by atoms with Gasteiger partial charge in [-0.05, 0) is 41.3 Å². The molecule has 2 saturated heterocycles. The van der Waals surface area contributed by atoms with E-state index in [0.29, 0.717) is 10.3 Å². The van der Waals surface area contributed by atoms with Gasteiger partial charge in [-0.25, -0.2) is 4.79 Å². The molecule has 0 aliphatic carbocycles. The van der Waals surface area contributed by atoms with Crippen molar-refractivity contribution < 1.29 is 46.6 Å². The average Bonchev–Trinajstić information content (AvgIpc) is 3.36. The molecule has 0 bridgehead atoms. The SMILES string of the molecule is COc1ccc(C(Nc2ccn([C@@H]3O[C@@H]4CO[P](O)(OCC[C@H](C)C(=O)O)O[C@H]4C3(F)F)c(=O)n2)(c2ccccc2)c2ccccc2)cc1. The summed E-state index contributed by atoms with van der Waals surface area (Å²) < 4.78 is 59.0. The van der Waals surface area contributed by atoms with Gasteiger partial charge < -0.3 is 24.8 Å². The smallest absolute Gasteiger partial charge is 0.378 e. The van der Waals surface area contributed by atoms with Gasteiger partial charge in [0.15, 0.2) is 6.10 Å². The molecule has 15 heteroatoms. The Balaban J connectivity index is 1.30. The second-order valence-corrected chi connectivity index (χ2v) is 13.4. The first-order valence-electron chi connectivity index (χ1n) is 15.4. The van der Waals surface area contributed by atoms with Gasteiger partial charge >= 0.3 is 25.8 Å². The van der Waals surface area contributed by atoms with Crippen molar-refractivity contribution >= 4 is 20.0 Å². The monoisotopic (exact) mass is 698 g/mol. The molecular formula is C34H35F2N3O9P. The summed E-state index contributed by atoms with van der Waals surface area (Å²) in [5.74, 6) is -4.95. The number of hydrogen-bond acceptors (Lipinski definition) is 10. The van der Waals surface area contributed by atoms with E-state index in [1.807, 2.05) is 84.9 Å². The molecule has 0 saturated carbocycles. The van der Waals surface area contributed by atoms with Gasteiger partial charge in [0.1, 0.15) is 23.2 Å². The molecule has 1 aromatic heterocycles. The molecule has 4 aromatic rings. The van der Waals surface area contributed by atoms with Gasteiger partial charge in [-0.1, -0.05) is 79.7 Å². The molecule has 6 rings (SSSR count). The quantitative estimate of drug-likeness (QED) is 0.129. The number of aromatic nitrogens is 2. The molecular weight excluding hydrogens is 663 g/mol. The average molecular weight is 699 g/mol. The molecule has 0 spiro atoms. The van der Waals surface area contributed by atoms with Crippen molar-refractivity contribution in [3.8, 4) is 5.75 Å². The van der Waals surface area contributed by atoms with Gasteiger partial charge in [-0.3, -0.25) is 22.9 Å². The zero-order valence-electron chi connectivity index (χ0n) is 26.5. The number of nitrogens with zero attached hydrogens (tertiary/aromatic N) is 2. The highest BCUT2D eigenvalue weighted by Crippen LogP contribution is 2.65. The van der Waals surface area contributed by atoms with Crippen molar-refractivity contribution in [2.75, 3.05) is 25.6 Å². The second kappa shape index (κ2) is 13.9. The van der Waals surface area contributed by atoms with Gasteiger partial charge in [0, 0.05) is 6.20 Å². The summed E-state index contributed by atoms with van der Waals surface area (Å²) in [5.41, 5.74) is 0.325. The maximum atomic E-state index is 15.9. The first-order valence-corrected chi connectivity index (χ1v) is 16.9. The lowest BCUT2D eigenvalue weighted by Gasteiger charge is -2.38. The highest BCUT2D eigenvalue weighted by molar-refractivity contribution is 7.55. The summed E-state index contributed by atoms with van der Waals surface area (Å²) >= 11 is 0. The minimum atomic E-state index is -4.23. The Morgan fingerprint density at radius 3 is 2.24 bits per heavy atom. The number of nitrogens with one attached hydrogen (secondary N) is 1. The molecule has 3 aromatic carbocycles. The van der Waals surface area contributed by atoms with Crippen LogP contribution in [0.15, 0.2) is 102 Å². The lowest BCUT2D eigenvalue weighted by Crippen LogP contribution is -2.46. The van der Waals surface area contributed by atoms with Crippen LogP contribution in [0.25, 0.3) is 0 Å². The highest BCUT2D eigenvalue weighted by Gasteiger charge is 2.65. The van der Waals surface area contributed by atoms with E-state index in [1.54, 1.807) is 7.11 Å². The van der Waals surface area contributed by atoms with Gasteiger partial charge in [0.05, 0.1) is 26.2 Å². The zero-order valence-corrected chi connectivity index (χ0v) is 27.4. The number of alkyl halides is 2. The molecule has 0 amide bonds. The Morgan fingerprint density at radius 2 is 1.67 bits per heavy atom. The third kappa shape index (κ3) is 6.80. The van der Waals surface area contributed by atoms with Crippen LogP contribution in [0.1, 0.15) is 36.3 Å². The summed E-state index contributed by atoms with van der Waals surface area (Å²) in [7, 11) is -2.66. The van der Waals surface area contributed by atoms with Crippen LogP contribution < -0.4 is 15.7 Å². The molecule has 3 N–H and O–H groups in total. The summed E-state index contributed by atoms with van der Waals surface area (Å²) in [6, 6.07) is 27.9. The summed E-state index contributed by atoms with van der Waals surface area (Å²) in [5, 5.41) is 12.5. The number of carbonyl (C=O) groups is 1. The highest BCUT2D eigenvalue weighted by atomic mass is 31.2. The van der Waals surface area contributed by atoms with Crippen LogP contribution in [0, 0.1) is 5.92 Å². The van der Waals surface area contributed by atoms with Crippen LogP contribution in [0.4, 0.5) is 14.6 Å². The molecule has 2 aliphatic heterocycles. The predicted octanol–water partition coefficient (Wildman–Crippen LogP) is 5.40. The Bertz CT molecular complexity index is 1780. The fraction of sp³-hybridized carbons (Fsp3) is 0.324. The predicted molar refractivity (Wildman–Crippen MR) is 174 cm³/mol. The van der Waals surface area contributed by atoms with E-state index in [-0.39, 0.29) is 18.8 Å². The van der Waals surface area contributed by atoms with Gasteiger partial charge in [0.2, 0.25) is 6.23 Å². The maximum Gasteiger partial charge on any atom is 0.378 e. The minimum absolute atomic E-state index is 0.0102. The third-order valence-electron chi connectivity index (χ3n) is 8.56. The summed E-state index contributed by atoms with van der Waals surface area (Å²) in [6.07, 6.45) is -4.33. The van der Waals surface area contributed by atoms with E-state index < -0.39 is 62.3 Å². The number of fused-ring (bicyclic) bond motifs is 1. The first-order chi connectivity index (χ1) is 23.5. The third-order valence-corrected chi connectivity index (χ3v) is 10.0. The van der Waals surface area contributed by atoms with Gasteiger partial charge in [0.25, 0.3) is 0 Å². The van der Waals surface area contributed by atoms with Crippen molar-refractivity contribution in [2.24, 2.45) is 5.92 Å². The maximum absolute atomic E-state index is 15.9. The Labute approximate surface area is 280 Å². The van der Waals surface area contributed by atoms with Crippen LogP contribution in [-0.2, 0) is 28.6 Å². The van der Waals surface area contributed by atoms with Crippen molar-refractivity contribution in [2.45, 2.75) is 43.2 Å². The van der Waals surface area contributed by atoms with Crippen LogP contribution >= 0.6 is 8.17 Å². The molecule has 3 heterocycles. The normalized spacial score (nSPS) is 23.7. The molecule has 5 atom stereocenters. The van der Waals surface area contributed by atoms with Crippen molar-refractivity contribution in [1.82, 2.24) is 9.55 Å². The fourth-order valence-electron chi connectivity index (χ4n) is 5.90. The number of carboxylic acids is 1. The number of benzene rings is 3. The Morgan fingerprint density at radius 1 is 1.06 bits per heavy atom. The first kappa shape index (κ1) is 34.6. The Kier molecular flexibility index (Phi) is 9.81. The van der Waals surface area contributed by atoms with Crippen molar-refractivity contribution in [3.05, 3.63) is 124 Å². The second-order valence-electron chi connectivity index (χ2n) is 11.7. The standard InChI is InChI=1S/C34H35F2N3O9P/c1-22(30(40)41)18-20-45-49(43)46-21-27-29(48-49)34(35,36)31(47-27)39-19-17-28(37-32(39)42)38-33(23-9-5-3-6-10-23,24-11-7-4-8-12-24)25-13-15-26(44-2)16-14-25/h3-17,19,22,27,29,31,43H,18,20-21H2,1-2H3,(H,40,41)(H,37,38,42)/t22-,27+,29+,31+/m0/s1. The van der Waals surface area contributed by atoms with Crippen molar-refractivity contribution in [1.29, 1.82) is 0 Å². The van der Waals surface area contributed by atoms with Crippen LogP contribution in [-0.4, -0.2) is 64.0 Å². The van der Waals surface area contributed by atoms with Crippen molar-refractivity contribution in [3.63, 3.8) is 0 Å².